The Kier molecular flexibility index (Phi) is 5.37. The zero-order valence-electron chi connectivity index (χ0n) is 12.0. The second kappa shape index (κ2) is 6.79. The van der Waals surface area contributed by atoms with Gasteiger partial charge in [-0.25, -0.2) is 4.79 Å². The van der Waals surface area contributed by atoms with Gasteiger partial charge in [0.2, 0.25) is 0 Å². The molecule has 0 fully saturated rings. The Morgan fingerprint density at radius 1 is 1.15 bits per heavy atom. The zero-order valence-corrected chi connectivity index (χ0v) is 12.0. The van der Waals surface area contributed by atoms with Crippen molar-refractivity contribution in [1.29, 1.82) is 0 Å². The maximum atomic E-state index is 12.1. The summed E-state index contributed by atoms with van der Waals surface area (Å²) < 4.78 is 10.2. The molecule has 0 heterocycles. The lowest BCUT2D eigenvalue weighted by Gasteiger charge is -2.18. The first-order chi connectivity index (χ1) is 9.40. The van der Waals surface area contributed by atoms with E-state index in [1.807, 2.05) is 0 Å². The molecule has 0 aliphatic heterocycles. The van der Waals surface area contributed by atoms with E-state index in [0.29, 0.717) is 17.1 Å². The van der Waals surface area contributed by atoms with Gasteiger partial charge in [0, 0.05) is 5.56 Å². The summed E-state index contributed by atoms with van der Waals surface area (Å²) in [6.07, 6.45) is 0. The number of nitrogens with one attached hydrogen (secondary N) is 1. The highest BCUT2D eigenvalue weighted by Gasteiger charge is 2.24. The van der Waals surface area contributed by atoms with Gasteiger partial charge >= 0.3 is 5.97 Å². The van der Waals surface area contributed by atoms with Crippen LogP contribution in [0.3, 0.4) is 0 Å². The fourth-order valence-electron chi connectivity index (χ4n) is 1.72. The van der Waals surface area contributed by atoms with E-state index in [-0.39, 0.29) is 5.92 Å². The second-order valence-corrected chi connectivity index (χ2v) is 4.60. The third-order valence-corrected chi connectivity index (χ3v) is 2.87. The maximum absolute atomic E-state index is 12.1. The number of carboxylic acids is 1. The number of hydrogen-bond donors (Lipinski definition) is 2. The van der Waals surface area contributed by atoms with Gasteiger partial charge in [-0.05, 0) is 24.1 Å². The number of hydrogen-bond acceptors (Lipinski definition) is 4. The van der Waals surface area contributed by atoms with E-state index in [1.54, 1.807) is 26.0 Å². The van der Waals surface area contributed by atoms with Gasteiger partial charge in [-0.1, -0.05) is 13.8 Å². The van der Waals surface area contributed by atoms with Crippen molar-refractivity contribution in [1.82, 2.24) is 5.32 Å². The number of ether oxygens (including phenoxy) is 2. The summed E-state index contributed by atoms with van der Waals surface area (Å²) in [6.45, 7) is 3.46. The molecule has 1 atom stereocenters. The fourth-order valence-corrected chi connectivity index (χ4v) is 1.72. The van der Waals surface area contributed by atoms with Crippen molar-refractivity contribution in [3.05, 3.63) is 23.8 Å². The predicted molar refractivity (Wildman–Crippen MR) is 73.3 cm³/mol. The molecule has 110 valence electrons. The van der Waals surface area contributed by atoms with Gasteiger partial charge in [0.05, 0.1) is 14.2 Å². The summed E-state index contributed by atoms with van der Waals surface area (Å²) in [6, 6.07) is 3.72. The summed E-state index contributed by atoms with van der Waals surface area (Å²) in [5.74, 6) is -0.822. The average Bonchev–Trinajstić information content (AvgIpc) is 2.42. The Balaban J connectivity index is 2.95. The number of carbonyl (C=O) groups is 2. The summed E-state index contributed by atoms with van der Waals surface area (Å²) in [7, 11) is 2.96. The van der Waals surface area contributed by atoms with E-state index >= 15 is 0 Å². The van der Waals surface area contributed by atoms with E-state index in [2.05, 4.69) is 5.32 Å². The number of carboxylic acid groups (broad SMARTS) is 1. The number of methoxy groups -OCH3 is 2. The minimum Gasteiger partial charge on any atom is -0.493 e. The van der Waals surface area contributed by atoms with Gasteiger partial charge in [0.25, 0.3) is 5.91 Å². The van der Waals surface area contributed by atoms with Gasteiger partial charge in [-0.15, -0.1) is 0 Å². The zero-order chi connectivity index (χ0) is 15.3. The lowest BCUT2D eigenvalue weighted by atomic mass is 10.0. The first-order valence-electron chi connectivity index (χ1n) is 6.16. The normalized spacial score (nSPS) is 11.8. The Hall–Kier alpha value is -2.24. The monoisotopic (exact) mass is 281 g/mol. The van der Waals surface area contributed by atoms with Crippen molar-refractivity contribution in [3.8, 4) is 11.5 Å². The SMILES string of the molecule is COc1ccc(C(=O)N[C@@H](C(=O)O)C(C)C)cc1OC. The lowest BCUT2D eigenvalue weighted by molar-refractivity contribution is -0.140. The Bertz CT molecular complexity index is 498. The third kappa shape index (κ3) is 3.63. The smallest absolute Gasteiger partial charge is 0.326 e. The summed E-state index contributed by atoms with van der Waals surface area (Å²) >= 11 is 0. The van der Waals surface area contributed by atoms with E-state index < -0.39 is 17.9 Å². The van der Waals surface area contributed by atoms with Crippen molar-refractivity contribution in [2.75, 3.05) is 14.2 Å². The van der Waals surface area contributed by atoms with Crippen molar-refractivity contribution >= 4 is 11.9 Å². The summed E-state index contributed by atoms with van der Waals surface area (Å²) in [4.78, 5) is 23.1. The Labute approximate surface area is 117 Å². The van der Waals surface area contributed by atoms with Gasteiger partial charge in [-0.2, -0.15) is 0 Å². The molecule has 2 N–H and O–H groups in total. The molecule has 0 saturated heterocycles. The van der Waals surface area contributed by atoms with Gasteiger partial charge < -0.3 is 19.9 Å². The molecule has 0 saturated carbocycles. The van der Waals surface area contributed by atoms with Crippen molar-refractivity contribution in [2.24, 2.45) is 5.92 Å². The van der Waals surface area contributed by atoms with Crippen molar-refractivity contribution in [2.45, 2.75) is 19.9 Å². The first kappa shape index (κ1) is 15.8. The number of rotatable bonds is 6. The number of benzene rings is 1. The molecule has 1 amide bonds. The van der Waals surface area contributed by atoms with Crippen LogP contribution in [0.2, 0.25) is 0 Å². The van der Waals surface area contributed by atoms with Crippen LogP contribution in [-0.4, -0.2) is 37.2 Å². The standard InChI is InChI=1S/C14H19NO5/c1-8(2)12(14(17)18)15-13(16)9-5-6-10(19-3)11(7-9)20-4/h5-8,12H,1-4H3,(H,15,16)(H,17,18)/t12-/m1/s1. The highest BCUT2D eigenvalue weighted by Crippen LogP contribution is 2.27. The number of carbonyl (C=O) groups excluding carboxylic acids is 1. The molecule has 6 nitrogen and oxygen atoms in total. The maximum Gasteiger partial charge on any atom is 0.326 e. The molecule has 0 aliphatic carbocycles. The van der Waals surface area contributed by atoms with E-state index in [1.165, 1.54) is 20.3 Å². The van der Waals surface area contributed by atoms with Crippen LogP contribution in [0.15, 0.2) is 18.2 Å². The molecular weight excluding hydrogens is 262 g/mol. The molecule has 20 heavy (non-hydrogen) atoms. The van der Waals surface area contributed by atoms with Crippen LogP contribution in [0.25, 0.3) is 0 Å². The fraction of sp³-hybridized carbons (Fsp3) is 0.429. The van der Waals surface area contributed by atoms with Crippen LogP contribution in [-0.2, 0) is 4.79 Å². The van der Waals surface area contributed by atoms with Crippen LogP contribution >= 0.6 is 0 Å². The minimum atomic E-state index is -1.06. The molecule has 0 radical (unpaired) electrons. The molecule has 1 aromatic carbocycles. The number of aliphatic carboxylic acids is 1. The van der Waals surface area contributed by atoms with Gasteiger partial charge in [0.15, 0.2) is 11.5 Å². The van der Waals surface area contributed by atoms with Crippen molar-refractivity contribution < 1.29 is 24.2 Å². The molecule has 0 unspecified atom stereocenters. The van der Waals surface area contributed by atoms with Crippen LogP contribution in [0.5, 0.6) is 11.5 Å². The molecule has 6 heteroatoms. The van der Waals surface area contributed by atoms with Gasteiger partial charge in [-0.3, -0.25) is 4.79 Å². The topological polar surface area (TPSA) is 84.9 Å². The first-order valence-corrected chi connectivity index (χ1v) is 6.16. The minimum absolute atomic E-state index is 0.211. The highest BCUT2D eigenvalue weighted by atomic mass is 16.5. The molecule has 0 aromatic heterocycles. The molecule has 0 bridgehead atoms. The van der Waals surface area contributed by atoms with Crippen LogP contribution < -0.4 is 14.8 Å². The second-order valence-electron chi connectivity index (χ2n) is 4.60. The molecular formula is C14H19NO5. The van der Waals surface area contributed by atoms with E-state index in [0.717, 1.165) is 0 Å². The lowest BCUT2D eigenvalue weighted by Crippen LogP contribution is -2.44. The van der Waals surface area contributed by atoms with Gasteiger partial charge in [0.1, 0.15) is 6.04 Å². The largest absolute Gasteiger partial charge is 0.493 e. The molecule has 1 rings (SSSR count). The third-order valence-electron chi connectivity index (χ3n) is 2.87. The van der Waals surface area contributed by atoms with E-state index in [4.69, 9.17) is 14.6 Å². The molecule has 1 aromatic rings. The molecule has 0 aliphatic rings. The Morgan fingerprint density at radius 3 is 2.20 bits per heavy atom. The summed E-state index contributed by atoms with van der Waals surface area (Å²) in [5.41, 5.74) is 0.314. The van der Waals surface area contributed by atoms with Crippen LogP contribution in [0, 0.1) is 5.92 Å². The summed E-state index contributed by atoms with van der Waals surface area (Å²) in [5, 5.41) is 11.5. The van der Waals surface area contributed by atoms with Crippen LogP contribution in [0.4, 0.5) is 0 Å². The Morgan fingerprint density at radius 2 is 1.75 bits per heavy atom. The van der Waals surface area contributed by atoms with Crippen LogP contribution in [0.1, 0.15) is 24.2 Å². The highest BCUT2D eigenvalue weighted by molar-refractivity contribution is 5.97. The number of amides is 1. The van der Waals surface area contributed by atoms with Crippen molar-refractivity contribution in [3.63, 3.8) is 0 Å². The average molecular weight is 281 g/mol. The predicted octanol–water partition coefficient (Wildman–Crippen LogP) is 1.54. The van der Waals surface area contributed by atoms with E-state index in [9.17, 15) is 9.59 Å². The quantitative estimate of drug-likeness (QED) is 0.826. The molecule has 0 spiro atoms.